The van der Waals surface area contributed by atoms with Gasteiger partial charge in [-0.2, -0.15) is 5.10 Å². The number of hydrogen-bond donors (Lipinski definition) is 2. The predicted octanol–water partition coefficient (Wildman–Crippen LogP) is 2.94. The van der Waals surface area contributed by atoms with Gasteiger partial charge in [0.25, 0.3) is 0 Å². The van der Waals surface area contributed by atoms with Crippen molar-refractivity contribution < 1.29 is 0 Å². The lowest BCUT2D eigenvalue weighted by Gasteiger charge is -2.11. The summed E-state index contributed by atoms with van der Waals surface area (Å²) in [7, 11) is 0. The van der Waals surface area contributed by atoms with E-state index in [1.54, 1.807) is 17.5 Å². The normalized spacial score (nSPS) is 11.5. The average Bonchev–Trinajstić information content (AvgIpc) is 3.32. The number of aromatic nitrogens is 3. The minimum Gasteiger partial charge on any atom is -0.357 e. The molecule has 0 spiro atoms. The molecule has 2 N–H and O–H groups in total. The van der Waals surface area contributed by atoms with E-state index in [2.05, 4.69) is 56.9 Å². The van der Waals surface area contributed by atoms with Gasteiger partial charge in [-0.1, -0.05) is 12.1 Å². The maximum Gasteiger partial charge on any atom is 0.191 e. The van der Waals surface area contributed by atoms with Crippen molar-refractivity contribution in [1.82, 2.24) is 25.4 Å². The van der Waals surface area contributed by atoms with E-state index in [1.807, 2.05) is 30.1 Å². The SMILES string of the molecule is CCNC(=NCc1cnc(C)s1)NCCc1ccc(-n2cccn2)cc1. The third-order valence-electron chi connectivity index (χ3n) is 3.82. The van der Waals surface area contributed by atoms with E-state index in [-0.39, 0.29) is 0 Å². The summed E-state index contributed by atoms with van der Waals surface area (Å²) in [4.78, 5) is 10.1. The summed E-state index contributed by atoms with van der Waals surface area (Å²) >= 11 is 1.69. The van der Waals surface area contributed by atoms with Gasteiger partial charge >= 0.3 is 0 Å². The van der Waals surface area contributed by atoms with Crippen LogP contribution in [0.4, 0.5) is 0 Å². The van der Waals surface area contributed by atoms with Crippen molar-refractivity contribution >= 4 is 17.3 Å². The molecule has 2 heterocycles. The molecular weight excluding hydrogens is 344 g/mol. The smallest absolute Gasteiger partial charge is 0.191 e. The molecule has 7 heteroatoms. The third-order valence-corrected chi connectivity index (χ3v) is 4.72. The second kappa shape index (κ2) is 9.15. The van der Waals surface area contributed by atoms with E-state index < -0.39 is 0 Å². The van der Waals surface area contributed by atoms with E-state index >= 15 is 0 Å². The van der Waals surface area contributed by atoms with E-state index in [9.17, 15) is 0 Å². The van der Waals surface area contributed by atoms with Crippen molar-refractivity contribution in [1.29, 1.82) is 0 Å². The van der Waals surface area contributed by atoms with Crippen molar-refractivity contribution in [3.63, 3.8) is 0 Å². The number of guanidine groups is 1. The highest BCUT2D eigenvalue weighted by atomic mass is 32.1. The molecule has 0 aliphatic rings. The zero-order valence-electron chi connectivity index (χ0n) is 15.1. The quantitative estimate of drug-likeness (QED) is 0.497. The number of rotatable bonds is 7. The van der Waals surface area contributed by atoms with Gasteiger partial charge in [-0.05, 0) is 44.0 Å². The van der Waals surface area contributed by atoms with Gasteiger partial charge in [-0.3, -0.25) is 0 Å². The maximum atomic E-state index is 4.63. The third kappa shape index (κ3) is 5.16. The number of nitrogens with one attached hydrogen (secondary N) is 2. The number of nitrogens with zero attached hydrogens (tertiary/aromatic N) is 4. The first-order chi connectivity index (χ1) is 12.7. The summed E-state index contributed by atoms with van der Waals surface area (Å²) in [5.74, 6) is 0.840. The molecule has 6 nitrogen and oxygen atoms in total. The molecule has 0 saturated carbocycles. The average molecular weight is 369 g/mol. The lowest BCUT2D eigenvalue weighted by Crippen LogP contribution is -2.38. The molecule has 0 amide bonds. The Morgan fingerprint density at radius 2 is 2.08 bits per heavy atom. The highest BCUT2D eigenvalue weighted by molar-refractivity contribution is 7.11. The largest absolute Gasteiger partial charge is 0.357 e. The molecule has 2 aromatic heterocycles. The molecule has 0 saturated heterocycles. The fourth-order valence-electron chi connectivity index (χ4n) is 2.54. The van der Waals surface area contributed by atoms with Crippen LogP contribution in [0.25, 0.3) is 5.69 Å². The van der Waals surface area contributed by atoms with Crippen LogP contribution in [0, 0.1) is 6.92 Å². The van der Waals surface area contributed by atoms with Gasteiger partial charge in [-0.25, -0.2) is 14.7 Å². The van der Waals surface area contributed by atoms with Crippen LogP contribution in [0.15, 0.2) is 53.9 Å². The molecule has 136 valence electrons. The molecule has 0 atom stereocenters. The zero-order valence-corrected chi connectivity index (χ0v) is 16.0. The molecule has 0 fully saturated rings. The van der Waals surface area contributed by atoms with Crippen LogP contribution < -0.4 is 10.6 Å². The highest BCUT2D eigenvalue weighted by Crippen LogP contribution is 2.12. The molecule has 1 aromatic carbocycles. The second-order valence-corrected chi connectivity index (χ2v) is 7.15. The number of aliphatic imine (C=N–C) groups is 1. The Morgan fingerprint density at radius 3 is 2.73 bits per heavy atom. The van der Waals surface area contributed by atoms with Crippen molar-refractivity contribution in [3.05, 3.63) is 64.4 Å². The Bertz CT molecular complexity index is 820. The van der Waals surface area contributed by atoms with Gasteiger partial charge in [0.1, 0.15) is 0 Å². The first-order valence-electron chi connectivity index (χ1n) is 8.77. The second-order valence-electron chi connectivity index (χ2n) is 5.83. The predicted molar refractivity (Wildman–Crippen MR) is 107 cm³/mol. The van der Waals surface area contributed by atoms with E-state index in [0.29, 0.717) is 6.54 Å². The minimum absolute atomic E-state index is 0.652. The number of hydrogen-bond acceptors (Lipinski definition) is 4. The summed E-state index contributed by atoms with van der Waals surface area (Å²) < 4.78 is 1.86. The first-order valence-corrected chi connectivity index (χ1v) is 9.58. The summed E-state index contributed by atoms with van der Waals surface area (Å²) in [6.07, 6.45) is 6.56. The Balaban J connectivity index is 1.51. The van der Waals surface area contributed by atoms with Gasteiger partial charge < -0.3 is 10.6 Å². The van der Waals surface area contributed by atoms with E-state index in [0.717, 1.165) is 36.2 Å². The number of aryl methyl sites for hydroxylation is 1. The molecule has 3 rings (SSSR count). The first kappa shape index (κ1) is 18.1. The van der Waals surface area contributed by atoms with Gasteiger partial charge in [0.15, 0.2) is 5.96 Å². The Labute approximate surface area is 158 Å². The summed E-state index contributed by atoms with van der Waals surface area (Å²) in [5, 5.41) is 12.0. The van der Waals surface area contributed by atoms with Crippen molar-refractivity contribution in [2.24, 2.45) is 4.99 Å². The van der Waals surface area contributed by atoms with Gasteiger partial charge in [-0.15, -0.1) is 11.3 Å². The summed E-state index contributed by atoms with van der Waals surface area (Å²) in [6, 6.07) is 10.4. The summed E-state index contributed by atoms with van der Waals surface area (Å²) in [6.45, 7) is 6.40. The topological polar surface area (TPSA) is 67.1 Å². The van der Waals surface area contributed by atoms with Crippen LogP contribution >= 0.6 is 11.3 Å². The Kier molecular flexibility index (Phi) is 6.38. The number of benzene rings is 1. The van der Waals surface area contributed by atoms with Crippen LogP contribution in [0.2, 0.25) is 0 Å². The van der Waals surface area contributed by atoms with Crippen LogP contribution in [-0.2, 0) is 13.0 Å². The van der Waals surface area contributed by atoms with Crippen LogP contribution in [0.3, 0.4) is 0 Å². The fourth-order valence-corrected chi connectivity index (χ4v) is 3.26. The molecule has 0 aliphatic carbocycles. The van der Waals surface area contributed by atoms with Gasteiger partial charge in [0.05, 0.1) is 17.2 Å². The number of thiazole rings is 1. The lowest BCUT2D eigenvalue weighted by molar-refractivity contribution is 0.800. The van der Waals surface area contributed by atoms with Gasteiger partial charge in [0.2, 0.25) is 0 Å². The van der Waals surface area contributed by atoms with Crippen LogP contribution in [-0.4, -0.2) is 33.8 Å². The maximum absolute atomic E-state index is 4.63. The molecule has 0 unspecified atom stereocenters. The molecule has 0 radical (unpaired) electrons. The van der Waals surface area contributed by atoms with Gasteiger partial charge in [0, 0.05) is 36.6 Å². The zero-order chi connectivity index (χ0) is 18.2. The molecular formula is C19H24N6S. The van der Waals surface area contributed by atoms with Crippen LogP contribution in [0.1, 0.15) is 22.4 Å². The molecule has 26 heavy (non-hydrogen) atoms. The van der Waals surface area contributed by atoms with Crippen molar-refractivity contribution in [2.45, 2.75) is 26.8 Å². The highest BCUT2D eigenvalue weighted by Gasteiger charge is 2.01. The lowest BCUT2D eigenvalue weighted by atomic mass is 10.1. The fraction of sp³-hybridized carbons (Fsp3) is 0.316. The molecule has 0 aliphatic heterocycles. The molecule has 3 aromatic rings. The Morgan fingerprint density at radius 1 is 1.23 bits per heavy atom. The Hall–Kier alpha value is -2.67. The minimum atomic E-state index is 0.652. The standard InChI is InChI=1S/C19H24N6S/c1-3-20-19(23-14-18-13-22-15(2)26-18)21-11-9-16-5-7-17(8-6-16)25-12-4-10-24-25/h4-8,10,12-13H,3,9,11,14H2,1-2H3,(H2,20,21,23). The van der Waals surface area contributed by atoms with Crippen molar-refractivity contribution in [3.8, 4) is 5.69 Å². The van der Waals surface area contributed by atoms with Crippen LogP contribution in [0.5, 0.6) is 0 Å². The molecule has 0 bridgehead atoms. The summed E-state index contributed by atoms with van der Waals surface area (Å²) in [5.41, 5.74) is 2.35. The monoisotopic (exact) mass is 368 g/mol. The van der Waals surface area contributed by atoms with E-state index in [4.69, 9.17) is 0 Å². The van der Waals surface area contributed by atoms with Crippen molar-refractivity contribution in [2.75, 3.05) is 13.1 Å². The van der Waals surface area contributed by atoms with E-state index in [1.165, 1.54) is 10.4 Å².